The van der Waals surface area contributed by atoms with Gasteiger partial charge in [0.25, 0.3) is 0 Å². The number of nitriles is 1. The van der Waals surface area contributed by atoms with Gasteiger partial charge in [0.2, 0.25) is 0 Å². The number of aromatic hydroxyl groups is 1. The number of hydrogen-bond donors (Lipinski definition) is 1. The highest BCUT2D eigenvalue weighted by molar-refractivity contribution is 5.44. The summed E-state index contributed by atoms with van der Waals surface area (Å²) >= 11 is 0. The highest BCUT2D eigenvalue weighted by Gasteiger charge is 2.08. The molecule has 0 atom stereocenters. The Morgan fingerprint density at radius 1 is 1.05 bits per heavy atom. The van der Waals surface area contributed by atoms with E-state index < -0.39 is 0 Å². The maximum atomic E-state index is 9.93. The lowest BCUT2D eigenvalue weighted by Gasteiger charge is -2.12. The monoisotopic (exact) mass is 295 g/mol. The van der Waals surface area contributed by atoms with Crippen molar-refractivity contribution in [1.29, 1.82) is 5.26 Å². The van der Waals surface area contributed by atoms with Crippen molar-refractivity contribution in [2.45, 2.75) is 39.2 Å². The Balaban J connectivity index is 2.01. The van der Waals surface area contributed by atoms with Crippen molar-refractivity contribution in [3.63, 3.8) is 0 Å². The summed E-state index contributed by atoms with van der Waals surface area (Å²) in [4.78, 5) is 0. The highest BCUT2D eigenvalue weighted by atomic mass is 16.5. The number of nitrogens with zero attached hydrogens (tertiary/aromatic N) is 1. The normalized spacial score (nSPS) is 10.2. The second kappa shape index (κ2) is 8.09. The fourth-order valence-electron chi connectivity index (χ4n) is 2.35. The fourth-order valence-corrected chi connectivity index (χ4v) is 2.35. The molecule has 0 saturated carbocycles. The molecular weight excluding hydrogens is 274 g/mol. The van der Waals surface area contributed by atoms with Crippen molar-refractivity contribution in [2.24, 2.45) is 0 Å². The Labute approximate surface area is 131 Å². The van der Waals surface area contributed by atoms with Crippen LogP contribution < -0.4 is 4.74 Å². The van der Waals surface area contributed by atoms with Crippen LogP contribution >= 0.6 is 0 Å². The zero-order valence-corrected chi connectivity index (χ0v) is 12.9. The molecule has 0 radical (unpaired) electrons. The molecule has 0 fully saturated rings. The minimum atomic E-state index is 0.297. The van der Waals surface area contributed by atoms with Crippen LogP contribution in [0.15, 0.2) is 42.5 Å². The van der Waals surface area contributed by atoms with Gasteiger partial charge in [0, 0.05) is 12.0 Å². The van der Waals surface area contributed by atoms with E-state index in [2.05, 4.69) is 13.0 Å². The maximum absolute atomic E-state index is 9.93. The van der Waals surface area contributed by atoms with Crippen LogP contribution in [0.4, 0.5) is 0 Å². The number of rotatable bonds is 7. The first-order chi connectivity index (χ1) is 10.7. The van der Waals surface area contributed by atoms with E-state index in [1.807, 2.05) is 30.3 Å². The fraction of sp³-hybridized carbons (Fsp3) is 0.316. The lowest BCUT2D eigenvalue weighted by atomic mass is 10.1. The summed E-state index contributed by atoms with van der Waals surface area (Å²) in [5.41, 5.74) is 3.11. The minimum Gasteiger partial charge on any atom is -0.508 e. The summed E-state index contributed by atoms with van der Waals surface area (Å²) < 4.78 is 5.87. The predicted molar refractivity (Wildman–Crippen MR) is 86.8 cm³/mol. The van der Waals surface area contributed by atoms with Crippen LogP contribution in [-0.2, 0) is 19.4 Å². The summed E-state index contributed by atoms with van der Waals surface area (Å²) in [5, 5.41) is 18.5. The number of aryl methyl sites for hydroxylation is 1. The number of phenolic OH excluding ortho intramolecular Hbond substituents is 1. The Morgan fingerprint density at radius 2 is 1.77 bits per heavy atom. The van der Waals surface area contributed by atoms with Crippen LogP contribution in [0.1, 0.15) is 36.5 Å². The molecule has 1 N–H and O–H groups in total. The van der Waals surface area contributed by atoms with E-state index in [0.29, 0.717) is 18.8 Å². The van der Waals surface area contributed by atoms with Crippen LogP contribution in [0.3, 0.4) is 0 Å². The van der Waals surface area contributed by atoms with Crippen molar-refractivity contribution in [2.75, 3.05) is 0 Å². The predicted octanol–water partition coefficient (Wildman–Crippen LogP) is 4.38. The van der Waals surface area contributed by atoms with E-state index >= 15 is 0 Å². The SMILES string of the molecule is CCCc1c(O)cccc1OCc1ccc(CCC#N)cc1. The topological polar surface area (TPSA) is 53.2 Å². The number of phenols is 1. The largest absolute Gasteiger partial charge is 0.508 e. The molecule has 0 aliphatic rings. The summed E-state index contributed by atoms with van der Waals surface area (Å²) in [6.07, 6.45) is 3.08. The first kappa shape index (κ1) is 15.9. The van der Waals surface area contributed by atoms with Gasteiger partial charge in [0.1, 0.15) is 18.1 Å². The molecule has 114 valence electrons. The van der Waals surface area contributed by atoms with Gasteiger partial charge >= 0.3 is 0 Å². The Kier molecular flexibility index (Phi) is 5.85. The number of ether oxygens (including phenoxy) is 1. The second-order valence-corrected chi connectivity index (χ2v) is 5.27. The van der Waals surface area contributed by atoms with Gasteiger partial charge in [0.05, 0.1) is 6.07 Å². The third-order valence-corrected chi connectivity index (χ3v) is 3.55. The van der Waals surface area contributed by atoms with Gasteiger partial charge in [-0.15, -0.1) is 0 Å². The van der Waals surface area contributed by atoms with E-state index in [1.54, 1.807) is 12.1 Å². The smallest absolute Gasteiger partial charge is 0.126 e. The molecule has 0 amide bonds. The molecule has 2 rings (SSSR count). The molecular formula is C19H21NO2. The number of benzene rings is 2. The van der Waals surface area contributed by atoms with Crippen molar-refractivity contribution in [1.82, 2.24) is 0 Å². The van der Waals surface area contributed by atoms with Gasteiger partial charge in [-0.05, 0) is 36.1 Å². The zero-order valence-electron chi connectivity index (χ0n) is 12.9. The Hall–Kier alpha value is -2.47. The van der Waals surface area contributed by atoms with Crippen LogP contribution in [0, 0.1) is 11.3 Å². The lowest BCUT2D eigenvalue weighted by molar-refractivity contribution is 0.300. The van der Waals surface area contributed by atoms with Crippen molar-refractivity contribution >= 4 is 0 Å². The molecule has 3 nitrogen and oxygen atoms in total. The Bertz CT molecular complexity index is 641. The summed E-state index contributed by atoms with van der Waals surface area (Å²) in [5.74, 6) is 1.04. The van der Waals surface area contributed by atoms with Crippen LogP contribution in [0.25, 0.3) is 0 Å². The van der Waals surface area contributed by atoms with Crippen LogP contribution in [-0.4, -0.2) is 5.11 Å². The first-order valence-corrected chi connectivity index (χ1v) is 7.63. The van der Waals surface area contributed by atoms with Crippen molar-refractivity contribution < 1.29 is 9.84 Å². The van der Waals surface area contributed by atoms with Gasteiger partial charge < -0.3 is 9.84 Å². The molecule has 0 heterocycles. The molecule has 0 bridgehead atoms. The zero-order chi connectivity index (χ0) is 15.8. The van der Waals surface area contributed by atoms with Gasteiger partial charge in [0.15, 0.2) is 0 Å². The van der Waals surface area contributed by atoms with Crippen molar-refractivity contribution in [3.8, 4) is 17.6 Å². The summed E-state index contributed by atoms with van der Waals surface area (Å²) in [6, 6.07) is 15.7. The number of hydrogen-bond acceptors (Lipinski definition) is 3. The third-order valence-electron chi connectivity index (χ3n) is 3.55. The lowest BCUT2D eigenvalue weighted by Crippen LogP contribution is -1.99. The first-order valence-electron chi connectivity index (χ1n) is 7.63. The van der Waals surface area contributed by atoms with Crippen molar-refractivity contribution in [3.05, 3.63) is 59.2 Å². The summed E-state index contributed by atoms with van der Waals surface area (Å²) in [7, 11) is 0. The molecule has 0 aromatic heterocycles. The van der Waals surface area contributed by atoms with Gasteiger partial charge in [-0.1, -0.05) is 43.7 Å². The average molecular weight is 295 g/mol. The van der Waals surface area contributed by atoms with Gasteiger partial charge in [-0.25, -0.2) is 0 Å². The summed E-state index contributed by atoms with van der Waals surface area (Å²) in [6.45, 7) is 2.55. The van der Waals surface area contributed by atoms with Gasteiger partial charge in [-0.3, -0.25) is 0 Å². The average Bonchev–Trinajstić information content (AvgIpc) is 2.54. The third kappa shape index (κ3) is 4.26. The molecule has 2 aromatic rings. The van der Waals surface area contributed by atoms with Crippen LogP contribution in [0.5, 0.6) is 11.5 Å². The van der Waals surface area contributed by atoms with E-state index in [9.17, 15) is 5.11 Å². The van der Waals surface area contributed by atoms with E-state index in [4.69, 9.17) is 10.00 Å². The van der Waals surface area contributed by atoms with E-state index in [0.717, 1.165) is 41.7 Å². The molecule has 2 aromatic carbocycles. The molecule has 3 heteroatoms. The molecule has 0 saturated heterocycles. The molecule has 22 heavy (non-hydrogen) atoms. The maximum Gasteiger partial charge on any atom is 0.126 e. The molecule has 0 aliphatic carbocycles. The Morgan fingerprint density at radius 3 is 2.45 bits per heavy atom. The standard InChI is InChI=1S/C19H21NO2/c1-2-5-17-18(21)7-3-8-19(17)22-14-16-11-9-15(10-12-16)6-4-13-20/h3,7-12,21H,2,4-6,14H2,1H3. The molecule has 0 spiro atoms. The second-order valence-electron chi connectivity index (χ2n) is 5.27. The van der Waals surface area contributed by atoms with E-state index in [1.165, 1.54) is 0 Å². The minimum absolute atomic E-state index is 0.297. The molecule has 0 unspecified atom stereocenters. The van der Waals surface area contributed by atoms with Gasteiger partial charge in [-0.2, -0.15) is 5.26 Å². The quantitative estimate of drug-likeness (QED) is 0.824. The highest BCUT2D eigenvalue weighted by Crippen LogP contribution is 2.29. The van der Waals surface area contributed by atoms with Crippen LogP contribution in [0.2, 0.25) is 0 Å². The molecule has 0 aliphatic heterocycles. The van der Waals surface area contributed by atoms with E-state index in [-0.39, 0.29) is 0 Å².